The van der Waals surface area contributed by atoms with Gasteiger partial charge in [-0.3, -0.25) is 0 Å². The molecule has 1 radical (unpaired) electrons. The average Bonchev–Trinajstić information content (AvgIpc) is 2.71. The van der Waals surface area contributed by atoms with E-state index < -0.39 is 0 Å². The molecule has 135 valence electrons. The summed E-state index contributed by atoms with van der Waals surface area (Å²) in [6.45, 7) is 0. The molecule has 4 aromatic rings. The number of nitrogens with zero attached hydrogens (tertiary/aromatic N) is 1. The van der Waals surface area contributed by atoms with Crippen LogP contribution in [0.2, 0.25) is 0 Å². The first-order valence-corrected chi connectivity index (χ1v) is 9.46. The quantitative estimate of drug-likeness (QED) is 0.422. The van der Waals surface area contributed by atoms with Crippen molar-refractivity contribution < 1.29 is 17.1 Å². The van der Waals surface area contributed by atoms with Crippen molar-refractivity contribution >= 4 is 32.5 Å². The Labute approximate surface area is 174 Å². The number of rotatable bonds is 4. The van der Waals surface area contributed by atoms with E-state index in [0.717, 1.165) is 11.4 Å². The SMILES string of the molecule is [Cu+].[SiH2]c1ccccc1-c1ccccc1N(c1ccccc1)c1ccccc1. The molecule has 0 saturated carbocycles. The third-order valence-electron chi connectivity index (χ3n) is 4.48. The molecular weight excluding hydrogens is 394 g/mol. The van der Waals surface area contributed by atoms with Gasteiger partial charge in [-0.1, -0.05) is 84.0 Å². The van der Waals surface area contributed by atoms with E-state index in [1.807, 2.05) is 10.2 Å². The Balaban J connectivity index is 0.00000210. The summed E-state index contributed by atoms with van der Waals surface area (Å²) in [7, 11) is 1.94. The van der Waals surface area contributed by atoms with E-state index in [2.05, 4.69) is 114 Å². The van der Waals surface area contributed by atoms with Gasteiger partial charge in [0.15, 0.2) is 0 Å². The molecule has 0 atom stereocenters. The summed E-state index contributed by atoms with van der Waals surface area (Å²) in [5.41, 5.74) is 6.01. The fourth-order valence-electron chi connectivity index (χ4n) is 3.26. The molecule has 27 heavy (non-hydrogen) atoms. The van der Waals surface area contributed by atoms with E-state index in [1.165, 1.54) is 22.0 Å². The molecule has 3 heteroatoms. The van der Waals surface area contributed by atoms with E-state index in [-0.39, 0.29) is 17.1 Å². The molecule has 4 rings (SSSR count). The molecule has 1 nitrogen and oxygen atoms in total. The van der Waals surface area contributed by atoms with Gasteiger partial charge < -0.3 is 4.90 Å². The molecule has 0 spiro atoms. The molecule has 0 unspecified atom stereocenters. The summed E-state index contributed by atoms with van der Waals surface area (Å²) in [5, 5.41) is 1.31. The van der Waals surface area contributed by atoms with Gasteiger partial charge in [-0.25, -0.2) is 0 Å². The zero-order valence-electron chi connectivity index (χ0n) is 14.8. The molecular formula is C24H20CuNSi+. The van der Waals surface area contributed by atoms with Gasteiger partial charge in [-0.2, -0.15) is 0 Å². The Morgan fingerprint density at radius 1 is 0.481 bits per heavy atom. The topological polar surface area (TPSA) is 3.24 Å². The van der Waals surface area contributed by atoms with Crippen LogP contribution in [0.15, 0.2) is 109 Å². The Morgan fingerprint density at radius 2 is 0.926 bits per heavy atom. The van der Waals surface area contributed by atoms with Gasteiger partial charge in [-0.05, 0) is 35.9 Å². The van der Waals surface area contributed by atoms with Crippen LogP contribution in [0.3, 0.4) is 0 Å². The van der Waals surface area contributed by atoms with Crippen molar-refractivity contribution in [3.63, 3.8) is 0 Å². The summed E-state index contributed by atoms with van der Waals surface area (Å²) >= 11 is 0. The number of para-hydroxylation sites is 3. The van der Waals surface area contributed by atoms with Gasteiger partial charge in [0.25, 0.3) is 0 Å². The zero-order valence-corrected chi connectivity index (χ0v) is 17.2. The zero-order chi connectivity index (χ0) is 17.8. The van der Waals surface area contributed by atoms with Crippen molar-refractivity contribution in [2.24, 2.45) is 0 Å². The van der Waals surface area contributed by atoms with E-state index in [9.17, 15) is 0 Å². The molecule has 0 N–H and O–H groups in total. The van der Waals surface area contributed by atoms with Crippen LogP contribution in [0.1, 0.15) is 0 Å². The third kappa shape index (κ3) is 4.06. The van der Waals surface area contributed by atoms with Gasteiger partial charge in [0.2, 0.25) is 0 Å². The number of anilines is 3. The van der Waals surface area contributed by atoms with Crippen LogP contribution >= 0.6 is 0 Å². The standard InChI is InChI=1S/C24H20NSi.Cu/c26-24-18-10-8-16-22(24)21-15-7-9-17-23(21)25(19-11-3-1-4-12-19)20-13-5-2-6-14-20;/h1-18H,26H2;/q;+1. The molecule has 0 fully saturated rings. The molecule has 0 amide bonds. The molecule has 0 heterocycles. The maximum Gasteiger partial charge on any atom is 1.00 e. The van der Waals surface area contributed by atoms with E-state index in [4.69, 9.17) is 0 Å². The molecule has 0 aliphatic carbocycles. The normalized spacial score (nSPS) is 10.1. The predicted octanol–water partition coefficient (Wildman–Crippen LogP) is 5.08. The molecule has 0 saturated heterocycles. The van der Waals surface area contributed by atoms with Crippen LogP contribution < -0.4 is 10.1 Å². The fraction of sp³-hybridized carbons (Fsp3) is 0. The average molecular weight is 414 g/mol. The summed E-state index contributed by atoms with van der Waals surface area (Å²) in [6.07, 6.45) is 0. The maximum atomic E-state index is 2.32. The minimum Gasteiger partial charge on any atom is -0.310 e. The molecule has 0 bridgehead atoms. The Hall–Kier alpha value is -2.58. The Bertz CT molecular complexity index is 963. The van der Waals surface area contributed by atoms with Crippen molar-refractivity contribution in [3.05, 3.63) is 109 Å². The number of hydrogen-bond donors (Lipinski definition) is 0. The first-order valence-electron chi connectivity index (χ1n) is 8.75. The van der Waals surface area contributed by atoms with Crippen LogP contribution in [0.4, 0.5) is 17.1 Å². The number of benzene rings is 4. The second-order valence-electron chi connectivity index (χ2n) is 6.18. The maximum absolute atomic E-state index is 2.32. The summed E-state index contributed by atoms with van der Waals surface area (Å²) < 4.78 is 0. The summed E-state index contributed by atoms with van der Waals surface area (Å²) in [4.78, 5) is 2.32. The Morgan fingerprint density at radius 3 is 1.48 bits per heavy atom. The van der Waals surface area contributed by atoms with Crippen molar-refractivity contribution in [1.29, 1.82) is 0 Å². The minimum atomic E-state index is 0. The fourth-order valence-corrected chi connectivity index (χ4v) is 3.71. The van der Waals surface area contributed by atoms with Gasteiger partial charge in [0.1, 0.15) is 0 Å². The van der Waals surface area contributed by atoms with Crippen LogP contribution in [0.5, 0.6) is 0 Å². The van der Waals surface area contributed by atoms with Crippen molar-refractivity contribution in [3.8, 4) is 11.1 Å². The smallest absolute Gasteiger partial charge is 0.310 e. The van der Waals surface area contributed by atoms with Crippen molar-refractivity contribution in [2.75, 3.05) is 4.90 Å². The second kappa shape index (κ2) is 8.87. The summed E-state index contributed by atoms with van der Waals surface area (Å²) in [5.74, 6) is 0. The molecule has 0 aliphatic heterocycles. The van der Waals surface area contributed by atoms with Crippen LogP contribution in [0.25, 0.3) is 11.1 Å². The molecule has 0 aliphatic rings. The van der Waals surface area contributed by atoms with Crippen LogP contribution in [0, 0.1) is 0 Å². The van der Waals surface area contributed by atoms with Crippen LogP contribution in [-0.4, -0.2) is 10.2 Å². The van der Waals surface area contributed by atoms with Crippen molar-refractivity contribution in [1.82, 2.24) is 0 Å². The molecule has 0 aromatic heterocycles. The van der Waals surface area contributed by atoms with Crippen LogP contribution in [-0.2, 0) is 17.1 Å². The third-order valence-corrected chi connectivity index (χ3v) is 5.10. The van der Waals surface area contributed by atoms with Crippen molar-refractivity contribution in [2.45, 2.75) is 0 Å². The van der Waals surface area contributed by atoms with Gasteiger partial charge in [0.05, 0.1) is 5.69 Å². The monoisotopic (exact) mass is 413 g/mol. The van der Waals surface area contributed by atoms with Gasteiger partial charge in [-0.15, -0.1) is 0 Å². The van der Waals surface area contributed by atoms with E-state index >= 15 is 0 Å². The number of hydrogen-bond acceptors (Lipinski definition) is 1. The Kier molecular flexibility index (Phi) is 6.30. The first kappa shape index (κ1) is 19.2. The summed E-state index contributed by atoms with van der Waals surface area (Å²) in [6, 6.07) is 38.3. The second-order valence-corrected chi connectivity index (χ2v) is 6.94. The predicted molar refractivity (Wildman–Crippen MR) is 115 cm³/mol. The van der Waals surface area contributed by atoms with Gasteiger partial charge >= 0.3 is 17.1 Å². The van der Waals surface area contributed by atoms with Gasteiger partial charge in [0, 0.05) is 27.2 Å². The molecule has 4 aromatic carbocycles. The first-order chi connectivity index (χ1) is 12.8. The van der Waals surface area contributed by atoms with E-state index in [1.54, 1.807) is 0 Å². The largest absolute Gasteiger partial charge is 1.00 e. The minimum absolute atomic E-state index is 0. The van der Waals surface area contributed by atoms with E-state index in [0.29, 0.717) is 0 Å².